The van der Waals surface area contributed by atoms with Crippen LogP contribution in [0.5, 0.6) is 0 Å². The van der Waals surface area contributed by atoms with Gasteiger partial charge in [-0.25, -0.2) is 4.98 Å². The van der Waals surface area contributed by atoms with E-state index in [9.17, 15) is 0 Å². The SMILES string of the molecule is CCc1nc(C(C)C)c(C(C)C)o1. The van der Waals surface area contributed by atoms with Crippen LogP contribution in [-0.4, -0.2) is 4.98 Å². The van der Waals surface area contributed by atoms with Gasteiger partial charge in [0.05, 0.1) is 5.69 Å². The summed E-state index contributed by atoms with van der Waals surface area (Å²) in [5.74, 6) is 2.82. The Hall–Kier alpha value is -0.790. The molecule has 0 fully saturated rings. The molecule has 1 rings (SSSR count). The lowest BCUT2D eigenvalue weighted by atomic mass is 10.0. The van der Waals surface area contributed by atoms with Crippen molar-refractivity contribution < 1.29 is 4.42 Å². The maximum atomic E-state index is 5.68. The molecule has 0 aliphatic carbocycles. The van der Waals surface area contributed by atoms with Gasteiger partial charge < -0.3 is 4.42 Å². The fourth-order valence-electron chi connectivity index (χ4n) is 1.37. The number of nitrogens with zero attached hydrogens (tertiary/aromatic N) is 1. The topological polar surface area (TPSA) is 26.0 Å². The molecule has 0 aliphatic heterocycles. The maximum absolute atomic E-state index is 5.68. The number of rotatable bonds is 3. The predicted molar refractivity (Wildman–Crippen MR) is 54.1 cm³/mol. The summed E-state index contributed by atoms with van der Waals surface area (Å²) in [4.78, 5) is 4.48. The van der Waals surface area contributed by atoms with Crippen molar-refractivity contribution in [3.63, 3.8) is 0 Å². The van der Waals surface area contributed by atoms with E-state index < -0.39 is 0 Å². The fourth-order valence-corrected chi connectivity index (χ4v) is 1.37. The van der Waals surface area contributed by atoms with Crippen LogP contribution in [0.1, 0.15) is 63.8 Å². The van der Waals surface area contributed by atoms with Crippen molar-refractivity contribution in [1.29, 1.82) is 0 Å². The summed E-state index contributed by atoms with van der Waals surface area (Å²) >= 11 is 0. The second-order valence-electron chi connectivity index (χ2n) is 4.02. The molecule has 0 unspecified atom stereocenters. The highest BCUT2D eigenvalue weighted by Crippen LogP contribution is 2.26. The summed E-state index contributed by atoms with van der Waals surface area (Å²) < 4.78 is 5.68. The molecule has 0 saturated heterocycles. The monoisotopic (exact) mass is 181 g/mol. The Morgan fingerprint density at radius 1 is 1.15 bits per heavy atom. The Balaban J connectivity index is 3.08. The summed E-state index contributed by atoms with van der Waals surface area (Å²) in [7, 11) is 0. The average Bonchev–Trinajstić information content (AvgIpc) is 2.47. The van der Waals surface area contributed by atoms with Crippen LogP contribution in [0, 0.1) is 0 Å². The Kier molecular flexibility index (Phi) is 3.12. The summed E-state index contributed by atoms with van der Waals surface area (Å²) in [6.07, 6.45) is 0.881. The van der Waals surface area contributed by atoms with Crippen molar-refractivity contribution in [3.8, 4) is 0 Å². The molecule has 0 bridgehead atoms. The first kappa shape index (κ1) is 10.3. The molecule has 0 aliphatic rings. The lowest BCUT2D eigenvalue weighted by molar-refractivity contribution is 0.440. The van der Waals surface area contributed by atoms with Crippen LogP contribution in [0.2, 0.25) is 0 Å². The van der Waals surface area contributed by atoms with Gasteiger partial charge in [0.25, 0.3) is 0 Å². The molecule has 0 atom stereocenters. The molecule has 13 heavy (non-hydrogen) atoms. The van der Waals surface area contributed by atoms with E-state index >= 15 is 0 Å². The Labute approximate surface area is 80.4 Å². The van der Waals surface area contributed by atoms with Gasteiger partial charge in [0.15, 0.2) is 5.89 Å². The lowest BCUT2D eigenvalue weighted by Gasteiger charge is -2.05. The van der Waals surface area contributed by atoms with Crippen molar-refractivity contribution in [3.05, 3.63) is 17.3 Å². The standard InChI is InChI=1S/C11H19NO/c1-6-9-12-10(7(2)3)11(13-9)8(4)5/h7-8H,6H2,1-5H3. The Bertz CT molecular complexity index is 248. The molecule has 0 amide bonds. The molecule has 2 heteroatoms. The molecule has 0 spiro atoms. The molecule has 0 radical (unpaired) electrons. The minimum Gasteiger partial charge on any atom is -0.445 e. The largest absolute Gasteiger partial charge is 0.445 e. The molecule has 0 aromatic carbocycles. The normalized spacial score (nSPS) is 11.6. The molecule has 2 nitrogen and oxygen atoms in total. The Morgan fingerprint density at radius 3 is 2.08 bits per heavy atom. The van der Waals surface area contributed by atoms with Crippen molar-refractivity contribution in [1.82, 2.24) is 4.98 Å². The van der Waals surface area contributed by atoms with Gasteiger partial charge in [0.1, 0.15) is 5.76 Å². The summed E-state index contributed by atoms with van der Waals surface area (Å²) in [5.41, 5.74) is 1.13. The summed E-state index contributed by atoms with van der Waals surface area (Å²) in [6.45, 7) is 10.7. The third-order valence-corrected chi connectivity index (χ3v) is 2.10. The van der Waals surface area contributed by atoms with Crippen LogP contribution < -0.4 is 0 Å². The molecular weight excluding hydrogens is 162 g/mol. The number of oxazole rings is 1. The van der Waals surface area contributed by atoms with Gasteiger partial charge in [0, 0.05) is 12.3 Å². The van der Waals surface area contributed by atoms with Gasteiger partial charge in [-0.2, -0.15) is 0 Å². The minimum absolute atomic E-state index is 0.435. The quantitative estimate of drug-likeness (QED) is 0.713. The average molecular weight is 181 g/mol. The highest BCUT2D eigenvalue weighted by atomic mass is 16.4. The van der Waals surface area contributed by atoms with Gasteiger partial charge in [-0.05, 0) is 5.92 Å². The van der Waals surface area contributed by atoms with E-state index in [-0.39, 0.29) is 0 Å². The molecule has 1 heterocycles. The van der Waals surface area contributed by atoms with Crippen molar-refractivity contribution >= 4 is 0 Å². The Morgan fingerprint density at radius 2 is 1.77 bits per heavy atom. The van der Waals surface area contributed by atoms with Crippen molar-refractivity contribution in [2.75, 3.05) is 0 Å². The number of aryl methyl sites for hydroxylation is 1. The van der Waals surface area contributed by atoms with Crippen molar-refractivity contribution in [2.45, 2.75) is 52.9 Å². The van der Waals surface area contributed by atoms with Crippen molar-refractivity contribution in [2.24, 2.45) is 0 Å². The van der Waals surface area contributed by atoms with Gasteiger partial charge in [-0.1, -0.05) is 34.6 Å². The molecule has 1 aromatic rings. The molecule has 74 valence electrons. The van der Waals surface area contributed by atoms with Gasteiger partial charge in [0.2, 0.25) is 0 Å². The molecular formula is C11H19NO. The first-order valence-electron chi connectivity index (χ1n) is 5.05. The van der Waals surface area contributed by atoms with E-state index in [2.05, 4.69) is 39.6 Å². The van der Waals surface area contributed by atoms with Crippen LogP contribution in [0.4, 0.5) is 0 Å². The van der Waals surface area contributed by atoms with E-state index in [4.69, 9.17) is 4.42 Å². The van der Waals surface area contributed by atoms with Crippen LogP contribution in [0.3, 0.4) is 0 Å². The first-order chi connectivity index (χ1) is 6.06. The second kappa shape index (κ2) is 3.95. The number of hydrogen-bond donors (Lipinski definition) is 0. The van der Waals surface area contributed by atoms with E-state index in [0.29, 0.717) is 11.8 Å². The number of hydrogen-bond acceptors (Lipinski definition) is 2. The molecule has 0 saturated carbocycles. The number of aromatic nitrogens is 1. The third kappa shape index (κ3) is 2.11. The lowest BCUT2D eigenvalue weighted by Crippen LogP contribution is -1.95. The molecule has 1 aromatic heterocycles. The predicted octanol–water partition coefficient (Wildman–Crippen LogP) is 3.48. The van der Waals surface area contributed by atoms with Gasteiger partial charge in [-0.3, -0.25) is 0 Å². The zero-order valence-corrected chi connectivity index (χ0v) is 9.22. The molecule has 0 N–H and O–H groups in total. The second-order valence-corrected chi connectivity index (χ2v) is 4.02. The third-order valence-electron chi connectivity index (χ3n) is 2.10. The highest BCUT2D eigenvalue weighted by Gasteiger charge is 2.17. The first-order valence-corrected chi connectivity index (χ1v) is 5.05. The van der Waals surface area contributed by atoms with Crippen LogP contribution in [-0.2, 0) is 6.42 Å². The maximum Gasteiger partial charge on any atom is 0.194 e. The van der Waals surface area contributed by atoms with Crippen LogP contribution in [0.25, 0.3) is 0 Å². The van der Waals surface area contributed by atoms with E-state index in [1.165, 1.54) is 0 Å². The minimum atomic E-state index is 0.435. The summed E-state index contributed by atoms with van der Waals surface area (Å²) in [5, 5.41) is 0. The zero-order chi connectivity index (χ0) is 10.0. The zero-order valence-electron chi connectivity index (χ0n) is 9.22. The fraction of sp³-hybridized carbons (Fsp3) is 0.727. The van der Waals surface area contributed by atoms with Crippen LogP contribution in [0.15, 0.2) is 4.42 Å². The van der Waals surface area contributed by atoms with Gasteiger partial charge >= 0.3 is 0 Å². The van der Waals surface area contributed by atoms with E-state index in [1.807, 2.05) is 0 Å². The van der Waals surface area contributed by atoms with E-state index in [0.717, 1.165) is 23.8 Å². The highest BCUT2D eigenvalue weighted by molar-refractivity contribution is 5.17. The summed E-state index contributed by atoms with van der Waals surface area (Å²) in [6, 6.07) is 0. The van der Waals surface area contributed by atoms with E-state index in [1.54, 1.807) is 0 Å². The van der Waals surface area contributed by atoms with Crippen LogP contribution >= 0.6 is 0 Å². The van der Waals surface area contributed by atoms with Gasteiger partial charge in [-0.15, -0.1) is 0 Å². The smallest absolute Gasteiger partial charge is 0.194 e.